The van der Waals surface area contributed by atoms with E-state index >= 15 is 0 Å². The van der Waals surface area contributed by atoms with Crippen molar-refractivity contribution in [3.05, 3.63) is 6.20 Å². The van der Waals surface area contributed by atoms with E-state index in [1.54, 1.807) is 0 Å². The van der Waals surface area contributed by atoms with Gasteiger partial charge in [0.15, 0.2) is 0 Å². The standard InChI is InChI=1S/C9H15N5O3S/c10-8-7(4-12-13-8)18(16,17)14-3-1-2-6(5-14)9(11)15/h4,6H,1-3,5H2,(H2,11,15)(H3,10,12,13). The molecule has 1 aliphatic rings. The van der Waals surface area contributed by atoms with Crippen LogP contribution in [-0.4, -0.2) is 41.9 Å². The number of nitrogen functional groups attached to an aromatic ring is 1. The van der Waals surface area contributed by atoms with Gasteiger partial charge in [0.25, 0.3) is 0 Å². The number of amides is 1. The van der Waals surface area contributed by atoms with E-state index in [0.29, 0.717) is 19.4 Å². The Morgan fingerprint density at radius 2 is 2.28 bits per heavy atom. The predicted molar refractivity (Wildman–Crippen MR) is 63.7 cm³/mol. The summed E-state index contributed by atoms with van der Waals surface area (Å²) in [4.78, 5) is 11.1. The predicted octanol–water partition coefficient (Wildman–Crippen LogP) is -1.12. The molecule has 9 heteroatoms. The lowest BCUT2D eigenvalue weighted by Gasteiger charge is -2.29. The van der Waals surface area contributed by atoms with Gasteiger partial charge in [0, 0.05) is 13.1 Å². The van der Waals surface area contributed by atoms with Gasteiger partial charge >= 0.3 is 0 Å². The van der Waals surface area contributed by atoms with Gasteiger partial charge in [-0.3, -0.25) is 9.89 Å². The Bertz CT molecular complexity index is 552. The van der Waals surface area contributed by atoms with E-state index in [2.05, 4.69) is 10.2 Å². The lowest BCUT2D eigenvalue weighted by Crippen LogP contribution is -2.44. The van der Waals surface area contributed by atoms with Crippen LogP contribution in [0.2, 0.25) is 0 Å². The summed E-state index contributed by atoms with van der Waals surface area (Å²) in [6.07, 6.45) is 2.38. The van der Waals surface area contributed by atoms with Crippen LogP contribution in [-0.2, 0) is 14.8 Å². The van der Waals surface area contributed by atoms with E-state index in [9.17, 15) is 13.2 Å². The minimum Gasteiger partial charge on any atom is -0.383 e. The number of rotatable bonds is 3. The van der Waals surface area contributed by atoms with Crippen molar-refractivity contribution in [2.75, 3.05) is 18.8 Å². The second kappa shape index (κ2) is 4.58. The van der Waals surface area contributed by atoms with Crippen molar-refractivity contribution in [1.82, 2.24) is 14.5 Å². The van der Waals surface area contributed by atoms with Gasteiger partial charge in [-0.1, -0.05) is 0 Å². The van der Waals surface area contributed by atoms with Crippen LogP contribution in [0.1, 0.15) is 12.8 Å². The van der Waals surface area contributed by atoms with Crippen molar-refractivity contribution in [2.45, 2.75) is 17.7 Å². The number of nitrogens with one attached hydrogen (secondary N) is 1. The Balaban J connectivity index is 2.26. The second-order valence-electron chi connectivity index (χ2n) is 4.25. The zero-order chi connectivity index (χ0) is 13.3. The average molecular weight is 273 g/mol. The highest BCUT2D eigenvalue weighted by atomic mass is 32.2. The maximum atomic E-state index is 12.3. The Kier molecular flexibility index (Phi) is 3.26. The topological polar surface area (TPSA) is 135 Å². The molecule has 18 heavy (non-hydrogen) atoms. The molecule has 1 aromatic heterocycles. The number of nitrogens with zero attached hydrogens (tertiary/aromatic N) is 2. The number of nitrogens with two attached hydrogens (primary N) is 2. The average Bonchev–Trinajstić information content (AvgIpc) is 2.76. The van der Waals surface area contributed by atoms with Crippen LogP contribution in [0.15, 0.2) is 11.1 Å². The molecule has 1 aliphatic heterocycles. The molecule has 2 heterocycles. The molecule has 8 nitrogen and oxygen atoms in total. The first-order chi connectivity index (χ1) is 8.43. The highest BCUT2D eigenvalue weighted by Crippen LogP contribution is 2.25. The van der Waals surface area contributed by atoms with Crippen molar-refractivity contribution >= 4 is 21.7 Å². The fourth-order valence-corrected chi connectivity index (χ4v) is 3.56. The number of sulfonamides is 1. The van der Waals surface area contributed by atoms with Crippen LogP contribution in [0.25, 0.3) is 0 Å². The number of H-pyrrole nitrogens is 1. The van der Waals surface area contributed by atoms with Crippen LogP contribution in [0, 0.1) is 5.92 Å². The van der Waals surface area contributed by atoms with Crippen LogP contribution >= 0.6 is 0 Å². The maximum Gasteiger partial charge on any atom is 0.248 e. The first-order valence-corrected chi connectivity index (χ1v) is 6.95. The van der Waals surface area contributed by atoms with Crippen molar-refractivity contribution in [3.63, 3.8) is 0 Å². The molecule has 1 fully saturated rings. The number of hydrogen-bond acceptors (Lipinski definition) is 5. The molecule has 100 valence electrons. The maximum absolute atomic E-state index is 12.3. The molecule has 0 saturated carbocycles. The molecule has 5 N–H and O–H groups in total. The number of anilines is 1. The van der Waals surface area contributed by atoms with E-state index in [-0.39, 0.29) is 17.3 Å². The first-order valence-electron chi connectivity index (χ1n) is 5.51. The second-order valence-corrected chi connectivity index (χ2v) is 6.16. The monoisotopic (exact) mass is 273 g/mol. The number of aromatic amines is 1. The largest absolute Gasteiger partial charge is 0.383 e. The zero-order valence-electron chi connectivity index (χ0n) is 9.67. The summed E-state index contributed by atoms with van der Waals surface area (Å²) in [7, 11) is -3.71. The van der Waals surface area contributed by atoms with Crippen molar-refractivity contribution in [3.8, 4) is 0 Å². The number of carbonyl (C=O) groups excluding carboxylic acids is 1. The molecular formula is C9H15N5O3S. The van der Waals surface area contributed by atoms with Crippen molar-refractivity contribution in [2.24, 2.45) is 11.7 Å². The molecule has 1 aromatic rings. The Hall–Kier alpha value is -1.61. The van der Waals surface area contributed by atoms with Crippen LogP contribution < -0.4 is 11.5 Å². The van der Waals surface area contributed by atoms with Crippen molar-refractivity contribution in [1.29, 1.82) is 0 Å². The third-order valence-corrected chi connectivity index (χ3v) is 4.93. The summed E-state index contributed by atoms with van der Waals surface area (Å²) in [6, 6.07) is 0. The van der Waals surface area contributed by atoms with E-state index in [1.165, 1.54) is 10.5 Å². The summed E-state index contributed by atoms with van der Waals surface area (Å²) in [6.45, 7) is 0.457. The molecule has 1 amide bonds. The molecule has 2 rings (SSSR count). The first kappa shape index (κ1) is 12.8. The number of hydrogen-bond donors (Lipinski definition) is 3. The van der Waals surface area contributed by atoms with Gasteiger partial charge in [-0.25, -0.2) is 8.42 Å². The minimum atomic E-state index is -3.71. The fourth-order valence-electron chi connectivity index (χ4n) is 2.02. The van der Waals surface area contributed by atoms with Gasteiger partial charge in [0.2, 0.25) is 15.9 Å². The molecule has 0 spiro atoms. The lowest BCUT2D eigenvalue weighted by molar-refractivity contribution is -0.122. The van der Waals surface area contributed by atoms with Gasteiger partial charge in [-0.15, -0.1) is 0 Å². The number of carbonyl (C=O) groups is 1. The summed E-state index contributed by atoms with van der Waals surface area (Å²) < 4.78 is 25.8. The number of piperidine rings is 1. The summed E-state index contributed by atoms with van der Waals surface area (Å²) in [5.74, 6) is -0.923. The number of primary amides is 1. The molecular weight excluding hydrogens is 258 g/mol. The van der Waals surface area contributed by atoms with Crippen LogP contribution in [0.5, 0.6) is 0 Å². The molecule has 1 saturated heterocycles. The molecule has 0 aliphatic carbocycles. The zero-order valence-corrected chi connectivity index (χ0v) is 10.5. The van der Waals surface area contributed by atoms with Crippen molar-refractivity contribution < 1.29 is 13.2 Å². The van der Waals surface area contributed by atoms with Gasteiger partial charge in [0.05, 0.1) is 12.1 Å². The Morgan fingerprint density at radius 1 is 1.56 bits per heavy atom. The van der Waals surface area contributed by atoms with E-state index < -0.39 is 21.8 Å². The molecule has 1 atom stereocenters. The van der Waals surface area contributed by atoms with Gasteiger partial charge < -0.3 is 11.5 Å². The quantitative estimate of drug-likeness (QED) is 0.641. The summed E-state index contributed by atoms with van der Waals surface area (Å²) in [5.41, 5.74) is 10.7. The third-order valence-electron chi connectivity index (χ3n) is 3.04. The summed E-state index contributed by atoms with van der Waals surface area (Å²) in [5, 5.41) is 5.97. The normalized spacial score (nSPS) is 21.9. The third kappa shape index (κ3) is 2.18. The molecule has 0 aromatic carbocycles. The van der Waals surface area contributed by atoms with E-state index in [1.807, 2.05) is 0 Å². The van der Waals surface area contributed by atoms with Crippen LogP contribution in [0.4, 0.5) is 5.82 Å². The van der Waals surface area contributed by atoms with Gasteiger partial charge in [-0.05, 0) is 12.8 Å². The molecule has 1 unspecified atom stereocenters. The van der Waals surface area contributed by atoms with E-state index in [0.717, 1.165) is 0 Å². The molecule has 0 radical (unpaired) electrons. The summed E-state index contributed by atoms with van der Waals surface area (Å²) >= 11 is 0. The smallest absolute Gasteiger partial charge is 0.248 e. The SMILES string of the molecule is NC(=O)C1CCCN(S(=O)(=O)c2cn[nH]c2N)C1. The highest BCUT2D eigenvalue weighted by Gasteiger charge is 2.34. The highest BCUT2D eigenvalue weighted by molar-refractivity contribution is 7.89. The van der Waals surface area contributed by atoms with Crippen LogP contribution in [0.3, 0.4) is 0 Å². The molecule has 0 bridgehead atoms. The Labute approximate surface area is 104 Å². The minimum absolute atomic E-state index is 0.00352. The van der Waals surface area contributed by atoms with E-state index in [4.69, 9.17) is 11.5 Å². The Morgan fingerprint density at radius 3 is 2.83 bits per heavy atom. The fraction of sp³-hybridized carbons (Fsp3) is 0.556. The van der Waals surface area contributed by atoms with Gasteiger partial charge in [0.1, 0.15) is 10.7 Å². The lowest BCUT2D eigenvalue weighted by atomic mass is 9.99. The van der Waals surface area contributed by atoms with Gasteiger partial charge in [-0.2, -0.15) is 9.40 Å². The number of aromatic nitrogens is 2.